The van der Waals surface area contributed by atoms with Crippen LogP contribution in [0.2, 0.25) is 5.02 Å². The Morgan fingerprint density at radius 2 is 1.29 bits per heavy atom. The number of aryl methyl sites for hydroxylation is 1. The topological polar surface area (TPSA) is 151 Å². The number of methoxy groups -OCH3 is 2. The first-order chi connectivity index (χ1) is 28.0. The van der Waals surface area contributed by atoms with Gasteiger partial charge in [0.15, 0.2) is 9.84 Å². The van der Waals surface area contributed by atoms with Gasteiger partial charge in [-0.1, -0.05) is 66.9 Å². The SMILES string of the molecule is COc1ccc(S(=O)(=O)C2CC(=O)N2CC(=O)NCCCCCCc2ccc(Cl)cc2)cc1.COc1ccc(SC2CC(=O)N2CC(=O)NCc2ccccc2)cc1. The number of carbonyl (C=O) groups excluding carboxylic acids is 4. The van der Waals surface area contributed by atoms with E-state index in [-0.39, 0.29) is 53.4 Å². The van der Waals surface area contributed by atoms with Crippen molar-refractivity contribution in [2.45, 2.75) is 72.0 Å². The molecule has 2 unspecified atom stereocenters. The van der Waals surface area contributed by atoms with Crippen molar-refractivity contribution in [3.63, 3.8) is 0 Å². The number of unbranched alkanes of at least 4 members (excludes halogenated alkanes) is 3. The van der Waals surface area contributed by atoms with Crippen molar-refractivity contribution in [2.75, 3.05) is 33.9 Å². The van der Waals surface area contributed by atoms with Gasteiger partial charge in [-0.15, -0.1) is 11.8 Å². The minimum absolute atomic E-state index is 0.00312. The maximum atomic E-state index is 12.9. The number of sulfone groups is 1. The van der Waals surface area contributed by atoms with Crippen molar-refractivity contribution in [3.05, 3.63) is 119 Å². The molecular weight excluding hydrogens is 800 g/mol. The van der Waals surface area contributed by atoms with Crippen LogP contribution in [0.4, 0.5) is 0 Å². The molecule has 2 atom stereocenters. The summed E-state index contributed by atoms with van der Waals surface area (Å²) in [4.78, 5) is 52.1. The number of likely N-dealkylation sites (tertiary alicyclic amines) is 2. The highest BCUT2D eigenvalue weighted by Crippen LogP contribution is 2.35. The van der Waals surface area contributed by atoms with Gasteiger partial charge in [-0.2, -0.15) is 0 Å². The van der Waals surface area contributed by atoms with Crippen LogP contribution >= 0.6 is 23.4 Å². The molecule has 2 fully saturated rings. The van der Waals surface area contributed by atoms with Crippen molar-refractivity contribution < 1.29 is 37.1 Å². The summed E-state index contributed by atoms with van der Waals surface area (Å²) in [5, 5.41) is 5.37. The molecular formula is C43H49ClN4O8S2. The Hall–Kier alpha value is -5.05. The van der Waals surface area contributed by atoms with Crippen LogP contribution < -0.4 is 20.1 Å². The van der Waals surface area contributed by atoms with Gasteiger partial charge in [-0.3, -0.25) is 19.2 Å². The van der Waals surface area contributed by atoms with E-state index in [0.29, 0.717) is 25.3 Å². The molecule has 15 heteroatoms. The third-order valence-corrected chi connectivity index (χ3v) is 13.3. The van der Waals surface area contributed by atoms with Gasteiger partial charge in [-0.05, 0) is 91.1 Å². The molecule has 4 aromatic carbocycles. The summed E-state index contributed by atoms with van der Waals surface area (Å²) in [5.74, 6) is 0.526. The van der Waals surface area contributed by atoms with E-state index in [9.17, 15) is 27.6 Å². The third-order valence-electron chi connectivity index (χ3n) is 9.70. The Kier molecular flexibility index (Phi) is 16.4. The molecule has 308 valence electrons. The summed E-state index contributed by atoms with van der Waals surface area (Å²) < 4.78 is 35.9. The van der Waals surface area contributed by atoms with Crippen molar-refractivity contribution in [1.82, 2.24) is 20.4 Å². The highest BCUT2D eigenvalue weighted by molar-refractivity contribution is 8.00. The molecule has 12 nitrogen and oxygen atoms in total. The first-order valence-electron chi connectivity index (χ1n) is 19.1. The van der Waals surface area contributed by atoms with E-state index in [0.717, 1.165) is 58.2 Å². The molecule has 6 rings (SSSR count). The molecule has 0 saturated carbocycles. The molecule has 4 amide bonds. The van der Waals surface area contributed by atoms with Crippen LogP contribution in [-0.4, -0.2) is 86.4 Å². The lowest BCUT2D eigenvalue weighted by atomic mass is 10.1. The van der Waals surface area contributed by atoms with Crippen molar-refractivity contribution >= 4 is 56.8 Å². The number of carbonyl (C=O) groups is 4. The van der Waals surface area contributed by atoms with E-state index in [1.54, 1.807) is 35.9 Å². The predicted molar refractivity (Wildman–Crippen MR) is 224 cm³/mol. The van der Waals surface area contributed by atoms with Gasteiger partial charge in [0.05, 0.1) is 37.3 Å². The van der Waals surface area contributed by atoms with Crippen molar-refractivity contribution in [3.8, 4) is 11.5 Å². The van der Waals surface area contributed by atoms with Crippen LogP contribution in [0.3, 0.4) is 0 Å². The fraction of sp³-hybridized carbons (Fsp3) is 0.349. The van der Waals surface area contributed by atoms with Gasteiger partial charge in [0.1, 0.15) is 30.0 Å². The lowest BCUT2D eigenvalue weighted by Crippen LogP contribution is -2.59. The first kappa shape index (κ1) is 44.1. The van der Waals surface area contributed by atoms with Crippen LogP contribution in [-0.2, 0) is 42.0 Å². The predicted octanol–water partition coefficient (Wildman–Crippen LogP) is 6.26. The van der Waals surface area contributed by atoms with E-state index < -0.39 is 15.2 Å². The van der Waals surface area contributed by atoms with Crippen LogP contribution in [0.5, 0.6) is 11.5 Å². The number of β-lactam (4-membered cyclic amide) rings is 2. The molecule has 4 aromatic rings. The maximum Gasteiger partial charge on any atom is 0.239 e. The fourth-order valence-electron chi connectivity index (χ4n) is 6.25. The monoisotopic (exact) mass is 848 g/mol. The molecule has 2 aliphatic rings. The summed E-state index contributed by atoms with van der Waals surface area (Å²) in [6.07, 6.45) is 5.25. The molecule has 2 saturated heterocycles. The van der Waals surface area contributed by atoms with E-state index >= 15 is 0 Å². The molecule has 2 aliphatic heterocycles. The number of ether oxygens (including phenoxy) is 2. The largest absolute Gasteiger partial charge is 0.497 e. The number of amides is 4. The Balaban J connectivity index is 0.000000229. The Bertz CT molecular complexity index is 2090. The second kappa shape index (κ2) is 21.6. The standard InChI is InChI=1S/C24H29ClN2O5S.C19H20N2O3S/c1-32-20-11-13-21(14-12-20)33(30,31)24-16-23(29)27(24)17-22(28)26-15-5-3-2-4-6-18-7-9-19(25)10-8-18;1-24-15-7-9-16(10-8-15)25-19-11-18(23)21(19)13-17(22)20-12-14-5-3-2-4-6-14/h7-14,24H,2-6,15-17H2,1H3,(H,26,28);2-10,19H,11-13H2,1H3,(H,20,22). The maximum absolute atomic E-state index is 12.9. The summed E-state index contributed by atoms with van der Waals surface area (Å²) in [5.41, 5.74) is 2.29. The molecule has 0 bridgehead atoms. The zero-order valence-electron chi connectivity index (χ0n) is 32.6. The number of nitrogens with one attached hydrogen (secondary N) is 2. The minimum atomic E-state index is -3.75. The van der Waals surface area contributed by atoms with E-state index in [1.165, 1.54) is 24.8 Å². The quantitative estimate of drug-likeness (QED) is 0.0823. The van der Waals surface area contributed by atoms with Gasteiger partial charge < -0.3 is 29.9 Å². The average Bonchev–Trinajstić information content (AvgIpc) is 3.24. The summed E-state index contributed by atoms with van der Waals surface area (Å²) >= 11 is 7.47. The Morgan fingerprint density at radius 1 is 0.707 bits per heavy atom. The van der Waals surface area contributed by atoms with Crippen molar-refractivity contribution in [1.29, 1.82) is 0 Å². The zero-order chi connectivity index (χ0) is 41.5. The molecule has 0 radical (unpaired) electrons. The van der Waals surface area contributed by atoms with Crippen LogP contribution in [0.15, 0.2) is 113 Å². The van der Waals surface area contributed by atoms with E-state index in [2.05, 4.69) is 10.6 Å². The minimum Gasteiger partial charge on any atom is -0.497 e. The lowest BCUT2D eigenvalue weighted by Gasteiger charge is -2.39. The number of nitrogens with zero attached hydrogens (tertiary/aromatic N) is 2. The second-order valence-electron chi connectivity index (χ2n) is 13.8. The molecule has 0 aromatic heterocycles. The number of halogens is 1. The van der Waals surface area contributed by atoms with Gasteiger partial charge in [0.2, 0.25) is 23.6 Å². The smallest absolute Gasteiger partial charge is 0.239 e. The number of hydrogen-bond acceptors (Lipinski definition) is 9. The van der Waals surface area contributed by atoms with Gasteiger partial charge in [0, 0.05) is 23.0 Å². The van der Waals surface area contributed by atoms with Crippen LogP contribution in [0.25, 0.3) is 0 Å². The molecule has 0 aliphatic carbocycles. The van der Waals surface area contributed by atoms with Gasteiger partial charge in [-0.25, -0.2) is 8.42 Å². The molecule has 58 heavy (non-hydrogen) atoms. The van der Waals surface area contributed by atoms with Gasteiger partial charge >= 0.3 is 0 Å². The third kappa shape index (κ3) is 12.7. The highest BCUT2D eigenvalue weighted by Gasteiger charge is 2.46. The number of thioether (sulfide) groups is 1. The number of rotatable bonds is 19. The highest BCUT2D eigenvalue weighted by atomic mass is 35.5. The molecule has 2 heterocycles. The summed E-state index contributed by atoms with van der Waals surface area (Å²) in [7, 11) is -0.630. The van der Waals surface area contributed by atoms with Crippen molar-refractivity contribution in [2.24, 2.45) is 0 Å². The molecule has 2 N–H and O–H groups in total. The van der Waals surface area contributed by atoms with Crippen LogP contribution in [0.1, 0.15) is 49.7 Å². The summed E-state index contributed by atoms with van der Waals surface area (Å²) in [6.45, 7) is 0.810. The second-order valence-corrected chi connectivity index (χ2v) is 17.6. The Labute approximate surface area is 349 Å². The lowest BCUT2D eigenvalue weighted by molar-refractivity contribution is -0.145. The van der Waals surface area contributed by atoms with E-state index in [4.69, 9.17) is 21.1 Å². The average molecular weight is 849 g/mol. The number of hydrogen-bond donors (Lipinski definition) is 2. The summed E-state index contributed by atoms with van der Waals surface area (Å²) in [6, 6.07) is 31.3. The first-order valence-corrected chi connectivity index (χ1v) is 21.9. The number of benzene rings is 4. The Morgan fingerprint density at radius 3 is 1.91 bits per heavy atom. The van der Waals surface area contributed by atoms with E-state index in [1.807, 2.05) is 78.9 Å². The normalized spacial score (nSPS) is 16.0. The molecule has 0 spiro atoms. The fourth-order valence-corrected chi connectivity index (χ4v) is 9.25. The van der Waals surface area contributed by atoms with Crippen LogP contribution in [0, 0.1) is 0 Å². The zero-order valence-corrected chi connectivity index (χ0v) is 35.0. The van der Waals surface area contributed by atoms with Gasteiger partial charge in [0.25, 0.3) is 0 Å².